The van der Waals surface area contributed by atoms with Gasteiger partial charge in [0.15, 0.2) is 0 Å². The lowest BCUT2D eigenvalue weighted by Gasteiger charge is -2.13. The molecule has 0 aliphatic carbocycles. The highest BCUT2D eigenvalue weighted by Crippen LogP contribution is 2.08. The van der Waals surface area contributed by atoms with Crippen LogP contribution in [0, 0.1) is 5.92 Å². The van der Waals surface area contributed by atoms with Gasteiger partial charge in [0.1, 0.15) is 0 Å². The van der Waals surface area contributed by atoms with Gasteiger partial charge in [0.05, 0.1) is 19.8 Å². The molecule has 1 atom stereocenters. The van der Waals surface area contributed by atoms with Crippen molar-refractivity contribution in [3.05, 3.63) is 0 Å². The number of rotatable bonds is 12. The molecular weight excluding hydrogens is 224 g/mol. The first-order valence-electron chi connectivity index (χ1n) is 6.10. The van der Waals surface area contributed by atoms with Gasteiger partial charge < -0.3 is 14.2 Å². The molecule has 16 heavy (non-hydrogen) atoms. The van der Waals surface area contributed by atoms with Crippen LogP contribution in [0.4, 0.5) is 0 Å². The average Bonchev–Trinajstić information content (AvgIpc) is 2.31. The largest absolute Gasteiger partial charge is 0.385 e. The highest BCUT2D eigenvalue weighted by molar-refractivity contribution is 7.80. The van der Waals surface area contributed by atoms with Gasteiger partial charge >= 0.3 is 0 Å². The molecule has 0 saturated heterocycles. The Hall–Kier alpha value is 0.230. The number of thiol groups is 1. The van der Waals surface area contributed by atoms with Gasteiger partial charge in [-0.05, 0) is 24.5 Å². The van der Waals surface area contributed by atoms with E-state index < -0.39 is 0 Å². The Kier molecular flexibility index (Phi) is 13.5. The molecule has 3 nitrogen and oxygen atoms in total. The van der Waals surface area contributed by atoms with Gasteiger partial charge in [0.25, 0.3) is 0 Å². The first kappa shape index (κ1) is 16.2. The van der Waals surface area contributed by atoms with Gasteiger partial charge in [-0.3, -0.25) is 0 Å². The van der Waals surface area contributed by atoms with Crippen molar-refractivity contribution >= 4 is 12.6 Å². The second-order valence-corrected chi connectivity index (χ2v) is 4.24. The predicted octanol–water partition coefficient (Wildman–Crippen LogP) is 2.40. The summed E-state index contributed by atoms with van der Waals surface area (Å²) in [7, 11) is 1.70. The Morgan fingerprint density at radius 1 is 1.06 bits per heavy atom. The molecule has 0 N–H and O–H groups in total. The van der Waals surface area contributed by atoms with Crippen molar-refractivity contribution in [2.24, 2.45) is 5.92 Å². The summed E-state index contributed by atoms with van der Waals surface area (Å²) in [5, 5.41) is 0. The Balaban J connectivity index is 3.12. The highest BCUT2D eigenvalue weighted by atomic mass is 32.1. The van der Waals surface area contributed by atoms with E-state index in [2.05, 4.69) is 19.6 Å². The second-order valence-electron chi connectivity index (χ2n) is 3.87. The van der Waals surface area contributed by atoms with Gasteiger partial charge in [-0.2, -0.15) is 12.6 Å². The third-order valence-electron chi connectivity index (χ3n) is 2.32. The molecular formula is C12H26O3S. The molecule has 0 aromatic carbocycles. The minimum absolute atomic E-state index is 0.585. The normalized spacial score (nSPS) is 12.9. The molecule has 98 valence electrons. The first-order chi connectivity index (χ1) is 7.85. The Morgan fingerprint density at radius 2 is 1.81 bits per heavy atom. The van der Waals surface area contributed by atoms with E-state index in [0.29, 0.717) is 19.1 Å². The third-order valence-corrected chi connectivity index (χ3v) is 2.83. The third kappa shape index (κ3) is 10.7. The summed E-state index contributed by atoms with van der Waals surface area (Å²) < 4.78 is 15.9. The van der Waals surface area contributed by atoms with Gasteiger partial charge in [-0.15, -0.1) is 0 Å². The van der Waals surface area contributed by atoms with Crippen molar-refractivity contribution in [1.82, 2.24) is 0 Å². The minimum atomic E-state index is 0.585. The Bertz CT molecular complexity index is 133. The maximum absolute atomic E-state index is 5.54. The number of hydrogen-bond donors (Lipinski definition) is 1. The first-order valence-corrected chi connectivity index (χ1v) is 6.73. The van der Waals surface area contributed by atoms with Crippen molar-refractivity contribution in [1.29, 1.82) is 0 Å². The molecule has 0 rings (SSSR count). The zero-order chi connectivity index (χ0) is 12.1. The van der Waals surface area contributed by atoms with E-state index in [4.69, 9.17) is 14.2 Å². The molecule has 0 heterocycles. The lowest BCUT2D eigenvalue weighted by molar-refractivity contribution is 0.0291. The highest BCUT2D eigenvalue weighted by Gasteiger charge is 2.04. The summed E-state index contributed by atoms with van der Waals surface area (Å²) in [6, 6.07) is 0. The minimum Gasteiger partial charge on any atom is -0.385 e. The second kappa shape index (κ2) is 13.3. The number of methoxy groups -OCH3 is 1. The molecule has 0 radical (unpaired) electrons. The van der Waals surface area contributed by atoms with Crippen LogP contribution in [0.5, 0.6) is 0 Å². The lowest BCUT2D eigenvalue weighted by atomic mass is 10.1. The van der Waals surface area contributed by atoms with Crippen molar-refractivity contribution in [3.8, 4) is 0 Å². The maximum Gasteiger partial charge on any atom is 0.0700 e. The summed E-state index contributed by atoms with van der Waals surface area (Å²) in [6.07, 6.45) is 3.34. The fourth-order valence-electron chi connectivity index (χ4n) is 1.41. The smallest absolute Gasteiger partial charge is 0.0700 e. The fourth-order valence-corrected chi connectivity index (χ4v) is 1.70. The lowest BCUT2D eigenvalue weighted by Crippen LogP contribution is -2.14. The topological polar surface area (TPSA) is 27.7 Å². The fraction of sp³-hybridized carbons (Fsp3) is 1.00. The van der Waals surface area contributed by atoms with Gasteiger partial charge in [0.2, 0.25) is 0 Å². The molecule has 0 aliphatic rings. The monoisotopic (exact) mass is 250 g/mol. The Labute approximate surface area is 105 Å². The average molecular weight is 250 g/mol. The van der Waals surface area contributed by atoms with Crippen LogP contribution in [0.15, 0.2) is 0 Å². The molecule has 0 aromatic heterocycles. The molecule has 1 unspecified atom stereocenters. The maximum atomic E-state index is 5.54. The van der Waals surface area contributed by atoms with Crippen molar-refractivity contribution in [2.75, 3.05) is 45.9 Å². The van der Waals surface area contributed by atoms with E-state index >= 15 is 0 Å². The zero-order valence-electron chi connectivity index (χ0n) is 10.6. The molecule has 0 fully saturated rings. The number of hydrogen-bond acceptors (Lipinski definition) is 4. The number of ether oxygens (including phenoxy) is 3. The summed E-state index contributed by atoms with van der Waals surface area (Å²) in [4.78, 5) is 0. The van der Waals surface area contributed by atoms with E-state index in [0.717, 1.165) is 32.0 Å². The summed E-state index contributed by atoms with van der Waals surface area (Å²) in [6.45, 7) is 5.87. The van der Waals surface area contributed by atoms with Crippen LogP contribution >= 0.6 is 12.6 Å². The van der Waals surface area contributed by atoms with Crippen LogP contribution in [0.25, 0.3) is 0 Å². The van der Waals surface area contributed by atoms with Gasteiger partial charge in [0, 0.05) is 20.3 Å². The molecule has 0 saturated carbocycles. The van der Waals surface area contributed by atoms with Crippen molar-refractivity contribution in [3.63, 3.8) is 0 Å². The summed E-state index contributed by atoms with van der Waals surface area (Å²) in [5.74, 6) is 1.49. The van der Waals surface area contributed by atoms with Crippen molar-refractivity contribution < 1.29 is 14.2 Å². The zero-order valence-corrected chi connectivity index (χ0v) is 11.5. The van der Waals surface area contributed by atoms with Gasteiger partial charge in [-0.25, -0.2) is 0 Å². The standard InChI is InChI=1S/C12H26O3S/c1-3-5-12(11-16)10-15-9-8-14-7-4-6-13-2/h12,16H,3-11H2,1-2H3. The van der Waals surface area contributed by atoms with Gasteiger partial charge in [-0.1, -0.05) is 13.3 Å². The predicted molar refractivity (Wildman–Crippen MR) is 70.4 cm³/mol. The molecule has 0 bridgehead atoms. The van der Waals surface area contributed by atoms with Crippen LogP contribution in [-0.4, -0.2) is 45.9 Å². The molecule has 0 spiro atoms. The van der Waals surface area contributed by atoms with E-state index in [1.165, 1.54) is 12.8 Å². The SMILES string of the molecule is CCCC(CS)COCCOCCCOC. The molecule has 4 heteroatoms. The van der Waals surface area contributed by atoms with Crippen LogP contribution in [-0.2, 0) is 14.2 Å². The Morgan fingerprint density at radius 3 is 2.44 bits per heavy atom. The van der Waals surface area contributed by atoms with Crippen LogP contribution in [0.3, 0.4) is 0 Å². The summed E-state index contributed by atoms with van der Waals surface area (Å²) in [5.41, 5.74) is 0. The summed E-state index contributed by atoms with van der Waals surface area (Å²) >= 11 is 4.31. The quantitative estimate of drug-likeness (QED) is 0.426. The van der Waals surface area contributed by atoms with Crippen LogP contribution in [0.2, 0.25) is 0 Å². The molecule has 0 aromatic rings. The van der Waals surface area contributed by atoms with E-state index in [1.54, 1.807) is 7.11 Å². The van der Waals surface area contributed by atoms with E-state index in [-0.39, 0.29) is 0 Å². The van der Waals surface area contributed by atoms with E-state index in [9.17, 15) is 0 Å². The van der Waals surface area contributed by atoms with Crippen molar-refractivity contribution in [2.45, 2.75) is 26.2 Å². The molecule has 0 amide bonds. The molecule has 0 aliphatic heterocycles. The van der Waals surface area contributed by atoms with Crippen LogP contribution in [0.1, 0.15) is 26.2 Å². The van der Waals surface area contributed by atoms with E-state index in [1.807, 2.05) is 0 Å². The van der Waals surface area contributed by atoms with Crippen LogP contribution < -0.4 is 0 Å².